The topological polar surface area (TPSA) is 53.3 Å². The van der Waals surface area contributed by atoms with Gasteiger partial charge in [0.05, 0.1) is 11.4 Å². The minimum absolute atomic E-state index is 0.880. The van der Waals surface area contributed by atoms with Crippen molar-refractivity contribution < 1.29 is 0 Å². The average Bonchev–Trinajstić information content (AvgIpc) is 2.38. The molecule has 0 aliphatic heterocycles. The van der Waals surface area contributed by atoms with E-state index in [4.69, 9.17) is 5.84 Å². The molecule has 0 bridgehead atoms. The fourth-order valence-electron chi connectivity index (χ4n) is 1.30. The van der Waals surface area contributed by atoms with Gasteiger partial charge in [0.1, 0.15) is 0 Å². The summed E-state index contributed by atoms with van der Waals surface area (Å²) in [5, 5.41) is 1.42. The molecule has 4 heteroatoms. The molecule has 0 fully saturated rings. The molecule has 2 rings (SSSR count). The molecule has 0 spiro atoms. The summed E-state index contributed by atoms with van der Waals surface area (Å²) >= 11 is 0. The Kier molecular flexibility index (Phi) is 3.38. The predicted molar refractivity (Wildman–Crippen MR) is 66.3 cm³/mol. The van der Waals surface area contributed by atoms with Crippen LogP contribution < -0.4 is 21.9 Å². The highest BCUT2D eigenvalue weighted by Gasteiger charge is 1.98. The second-order valence-corrected chi connectivity index (χ2v) is 3.31. The Morgan fingerprint density at radius 1 is 0.812 bits per heavy atom. The van der Waals surface area contributed by atoms with Gasteiger partial charge in [-0.3, -0.25) is 0 Å². The zero-order valence-corrected chi connectivity index (χ0v) is 8.80. The number of para-hydroxylation sites is 2. The molecule has 2 aromatic rings. The number of anilines is 2. The summed E-state index contributed by atoms with van der Waals surface area (Å²) in [6.45, 7) is 0. The van der Waals surface area contributed by atoms with Crippen LogP contribution in [0.15, 0.2) is 60.7 Å². The molecule has 0 amide bonds. The number of nitrogens with two attached hydrogens (primary N) is 1. The molecule has 0 heterocycles. The van der Waals surface area contributed by atoms with E-state index in [2.05, 4.69) is 11.0 Å². The van der Waals surface area contributed by atoms with E-state index in [0.717, 1.165) is 11.4 Å². The Labute approximate surface area is 94.6 Å². The van der Waals surface area contributed by atoms with Crippen LogP contribution >= 0.6 is 0 Å². The van der Waals surface area contributed by atoms with E-state index >= 15 is 0 Å². The smallest absolute Gasteiger partial charge is 0.0718 e. The van der Waals surface area contributed by atoms with Gasteiger partial charge in [-0.05, 0) is 24.3 Å². The second kappa shape index (κ2) is 5.16. The van der Waals surface area contributed by atoms with Gasteiger partial charge in [-0.25, -0.2) is 11.0 Å². The predicted octanol–water partition coefficient (Wildman–Crippen LogP) is 1.90. The average molecular weight is 214 g/mol. The van der Waals surface area contributed by atoms with Crippen LogP contribution in [0, 0.1) is 0 Å². The Morgan fingerprint density at radius 3 is 2.00 bits per heavy atom. The molecule has 4 N–H and O–H groups in total. The summed E-state index contributed by atoms with van der Waals surface area (Å²) in [6, 6.07) is 19.4. The summed E-state index contributed by atoms with van der Waals surface area (Å²) in [5.74, 6) is 5.80. The lowest BCUT2D eigenvalue weighted by Crippen LogP contribution is -2.47. The number of hydrogen-bond acceptors (Lipinski definition) is 4. The normalized spacial score (nSPS) is 9.81. The number of hydrazine groups is 3. The molecule has 2 aromatic carbocycles. The van der Waals surface area contributed by atoms with Crippen molar-refractivity contribution in [3.8, 4) is 0 Å². The lowest BCUT2D eigenvalue weighted by Gasteiger charge is -2.20. The minimum atomic E-state index is 0.880. The van der Waals surface area contributed by atoms with Crippen LogP contribution in [-0.2, 0) is 0 Å². The third-order valence-electron chi connectivity index (χ3n) is 2.13. The van der Waals surface area contributed by atoms with E-state index in [1.54, 1.807) is 0 Å². The SMILES string of the molecule is NN(NNc1ccccc1)c1ccccc1. The molecule has 0 atom stereocenters. The maximum absolute atomic E-state index is 5.80. The molecule has 0 unspecified atom stereocenters. The summed E-state index contributed by atoms with van der Waals surface area (Å²) in [7, 11) is 0. The molecule has 82 valence electrons. The van der Waals surface area contributed by atoms with E-state index in [1.165, 1.54) is 5.12 Å². The Hall–Kier alpha value is -2.04. The van der Waals surface area contributed by atoms with Gasteiger partial charge in [-0.1, -0.05) is 36.4 Å². The molecule has 16 heavy (non-hydrogen) atoms. The first-order chi connectivity index (χ1) is 7.86. The maximum Gasteiger partial charge on any atom is 0.0718 e. The minimum Gasteiger partial charge on any atom is -0.303 e. The van der Waals surface area contributed by atoms with Crippen LogP contribution in [0.3, 0.4) is 0 Å². The molecule has 0 aliphatic carbocycles. The number of nitrogens with one attached hydrogen (secondary N) is 2. The number of hydrogen-bond donors (Lipinski definition) is 3. The number of benzene rings is 2. The van der Waals surface area contributed by atoms with Crippen molar-refractivity contribution in [2.45, 2.75) is 0 Å². The largest absolute Gasteiger partial charge is 0.303 e. The van der Waals surface area contributed by atoms with E-state index in [0.29, 0.717) is 0 Å². The van der Waals surface area contributed by atoms with Crippen LogP contribution in [0.1, 0.15) is 0 Å². The van der Waals surface area contributed by atoms with Gasteiger partial charge in [0.15, 0.2) is 0 Å². The number of rotatable bonds is 4. The monoisotopic (exact) mass is 214 g/mol. The van der Waals surface area contributed by atoms with Crippen molar-refractivity contribution in [3.63, 3.8) is 0 Å². The van der Waals surface area contributed by atoms with Crippen LogP contribution in [-0.4, -0.2) is 0 Å². The van der Waals surface area contributed by atoms with E-state index < -0.39 is 0 Å². The van der Waals surface area contributed by atoms with E-state index in [9.17, 15) is 0 Å². The Morgan fingerprint density at radius 2 is 1.38 bits per heavy atom. The van der Waals surface area contributed by atoms with E-state index in [1.807, 2.05) is 60.7 Å². The highest BCUT2D eigenvalue weighted by molar-refractivity contribution is 5.46. The molecule has 0 aliphatic rings. The lowest BCUT2D eigenvalue weighted by atomic mass is 10.3. The standard InChI is InChI=1S/C12H14N4/c13-16(12-9-5-2-6-10-12)15-14-11-7-3-1-4-8-11/h1-10,14-15H,13H2. The fraction of sp³-hybridized carbons (Fsp3) is 0. The Bertz CT molecular complexity index is 416. The quantitative estimate of drug-likeness (QED) is 0.537. The van der Waals surface area contributed by atoms with Crippen molar-refractivity contribution in [1.29, 1.82) is 0 Å². The number of nitrogens with zero attached hydrogens (tertiary/aromatic N) is 1. The lowest BCUT2D eigenvalue weighted by molar-refractivity contribution is 0.726. The van der Waals surface area contributed by atoms with Gasteiger partial charge in [0, 0.05) is 0 Å². The third kappa shape index (κ3) is 2.73. The van der Waals surface area contributed by atoms with Gasteiger partial charge in [-0.15, -0.1) is 5.53 Å². The van der Waals surface area contributed by atoms with Gasteiger partial charge in [0.25, 0.3) is 0 Å². The van der Waals surface area contributed by atoms with Gasteiger partial charge in [-0.2, -0.15) is 0 Å². The van der Waals surface area contributed by atoms with Crippen LogP contribution in [0.2, 0.25) is 0 Å². The second-order valence-electron chi connectivity index (χ2n) is 3.31. The molecule has 0 radical (unpaired) electrons. The molecule has 0 saturated heterocycles. The molecular weight excluding hydrogens is 200 g/mol. The van der Waals surface area contributed by atoms with Crippen LogP contribution in [0.4, 0.5) is 11.4 Å². The highest BCUT2D eigenvalue weighted by atomic mass is 15.8. The molecule has 0 saturated carbocycles. The summed E-state index contributed by atoms with van der Waals surface area (Å²) in [5.41, 5.74) is 7.70. The summed E-state index contributed by atoms with van der Waals surface area (Å²) in [6.07, 6.45) is 0. The first-order valence-corrected chi connectivity index (χ1v) is 5.03. The van der Waals surface area contributed by atoms with Gasteiger partial charge < -0.3 is 5.43 Å². The first kappa shape index (κ1) is 10.5. The summed E-state index contributed by atoms with van der Waals surface area (Å²) < 4.78 is 0. The van der Waals surface area contributed by atoms with Crippen molar-refractivity contribution in [2.24, 2.45) is 5.84 Å². The van der Waals surface area contributed by atoms with E-state index in [-0.39, 0.29) is 0 Å². The zero-order valence-electron chi connectivity index (χ0n) is 8.80. The fourth-order valence-corrected chi connectivity index (χ4v) is 1.30. The van der Waals surface area contributed by atoms with Crippen LogP contribution in [0.5, 0.6) is 0 Å². The third-order valence-corrected chi connectivity index (χ3v) is 2.13. The highest BCUT2D eigenvalue weighted by Crippen LogP contribution is 2.08. The van der Waals surface area contributed by atoms with Gasteiger partial charge >= 0.3 is 0 Å². The van der Waals surface area contributed by atoms with Crippen molar-refractivity contribution in [2.75, 3.05) is 10.5 Å². The molecular formula is C12H14N4. The van der Waals surface area contributed by atoms with Gasteiger partial charge in [0.2, 0.25) is 0 Å². The first-order valence-electron chi connectivity index (χ1n) is 5.03. The zero-order chi connectivity index (χ0) is 11.2. The molecule has 4 nitrogen and oxygen atoms in total. The summed E-state index contributed by atoms with van der Waals surface area (Å²) in [4.78, 5) is 0. The Balaban J connectivity index is 1.92. The molecule has 0 aromatic heterocycles. The van der Waals surface area contributed by atoms with Crippen molar-refractivity contribution >= 4 is 11.4 Å². The van der Waals surface area contributed by atoms with Crippen molar-refractivity contribution in [1.82, 2.24) is 5.53 Å². The van der Waals surface area contributed by atoms with Crippen LogP contribution in [0.25, 0.3) is 0 Å². The maximum atomic E-state index is 5.80. The van der Waals surface area contributed by atoms with Crippen molar-refractivity contribution in [3.05, 3.63) is 60.7 Å².